The van der Waals surface area contributed by atoms with E-state index in [0.29, 0.717) is 10.9 Å². The summed E-state index contributed by atoms with van der Waals surface area (Å²) in [5, 5.41) is 2.20. The number of ether oxygens (including phenoxy) is 1. The second kappa shape index (κ2) is 2.78. The van der Waals surface area contributed by atoms with Crippen LogP contribution in [0.15, 0.2) is 5.38 Å². The fraction of sp³-hybridized carbons (Fsp3) is 0.500. The van der Waals surface area contributed by atoms with Crippen LogP contribution in [0.3, 0.4) is 0 Å². The van der Waals surface area contributed by atoms with Gasteiger partial charge >= 0.3 is 0 Å². The zero-order valence-corrected chi connectivity index (χ0v) is 8.06. The maximum absolute atomic E-state index is 11.6. The van der Waals surface area contributed by atoms with E-state index in [2.05, 4.69) is 4.98 Å². The fourth-order valence-corrected chi connectivity index (χ4v) is 1.69. The SMILES string of the molecule is COc1nc(C(=O)C2(N)CC2)cs1. The molecule has 1 fully saturated rings. The minimum absolute atomic E-state index is 0.0629. The van der Waals surface area contributed by atoms with E-state index in [-0.39, 0.29) is 5.78 Å². The summed E-state index contributed by atoms with van der Waals surface area (Å²) in [6.45, 7) is 0. The lowest BCUT2D eigenvalue weighted by Gasteiger charge is -2.02. The van der Waals surface area contributed by atoms with Gasteiger partial charge in [-0.1, -0.05) is 11.3 Å². The predicted molar refractivity (Wildman–Crippen MR) is 49.1 cm³/mol. The second-order valence-electron chi connectivity index (χ2n) is 3.19. The summed E-state index contributed by atoms with van der Waals surface area (Å²) in [5.74, 6) is -0.0629. The minimum atomic E-state index is -0.626. The number of Topliss-reactive ketones (excluding diaryl/α,β-unsaturated/α-hetero) is 1. The highest BCUT2D eigenvalue weighted by molar-refractivity contribution is 7.11. The largest absolute Gasteiger partial charge is 0.473 e. The summed E-state index contributed by atoms with van der Waals surface area (Å²) in [5.41, 5.74) is 5.55. The van der Waals surface area contributed by atoms with Crippen LogP contribution in [0.2, 0.25) is 0 Å². The van der Waals surface area contributed by atoms with Crippen molar-refractivity contribution in [2.24, 2.45) is 5.73 Å². The van der Waals surface area contributed by atoms with Crippen LogP contribution in [-0.4, -0.2) is 23.4 Å². The zero-order valence-electron chi connectivity index (χ0n) is 7.24. The highest BCUT2D eigenvalue weighted by Gasteiger charge is 2.47. The second-order valence-corrected chi connectivity index (χ2v) is 4.01. The number of hydrogen-bond donors (Lipinski definition) is 1. The molecule has 1 aliphatic rings. The highest BCUT2D eigenvalue weighted by Crippen LogP contribution is 2.36. The van der Waals surface area contributed by atoms with Crippen LogP contribution in [0.1, 0.15) is 23.3 Å². The first kappa shape index (κ1) is 8.65. The standard InChI is InChI=1S/C8H10N2O2S/c1-12-7-10-5(4-13-7)6(11)8(9)2-3-8/h4H,2-3,9H2,1H3. The third kappa shape index (κ3) is 1.45. The molecule has 0 radical (unpaired) electrons. The normalized spacial score (nSPS) is 18.3. The van der Waals surface area contributed by atoms with Crippen molar-refractivity contribution in [2.45, 2.75) is 18.4 Å². The van der Waals surface area contributed by atoms with E-state index in [4.69, 9.17) is 10.5 Å². The molecular formula is C8H10N2O2S. The van der Waals surface area contributed by atoms with Gasteiger partial charge in [0, 0.05) is 5.38 Å². The number of hydrogen-bond acceptors (Lipinski definition) is 5. The third-order valence-electron chi connectivity index (χ3n) is 2.13. The van der Waals surface area contributed by atoms with E-state index in [0.717, 1.165) is 12.8 Å². The average molecular weight is 198 g/mol. The molecular weight excluding hydrogens is 188 g/mol. The molecule has 2 N–H and O–H groups in total. The van der Waals surface area contributed by atoms with Crippen molar-refractivity contribution in [1.82, 2.24) is 4.98 Å². The molecule has 0 atom stereocenters. The summed E-state index contributed by atoms with van der Waals surface area (Å²) >= 11 is 1.31. The van der Waals surface area contributed by atoms with Gasteiger partial charge in [-0.15, -0.1) is 0 Å². The predicted octanol–water partition coefficient (Wildman–Crippen LogP) is 0.826. The molecule has 0 bridgehead atoms. The molecule has 1 aliphatic carbocycles. The van der Waals surface area contributed by atoms with Gasteiger partial charge in [-0.3, -0.25) is 4.79 Å². The first-order chi connectivity index (χ1) is 6.15. The Bertz CT molecular complexity index is 344. The highest BCUT2D eigenvalue weighted by atomic mass is 32.1. The summed E-state index contributed by atoms with van der Waals surface area (Å²) in [4.78, 5) is 15.6. The Morgan fingerprint density at radius 2 is 2.46 bits per heavy atom. The number of rotatable bonds is 3. The molecule has 4 nitrogen and oxygen atoms in total. The van der Waals surface area contributed by atoms with E-state index in [9.17, 15) is 4.79 Å². The van der Waals surface area contributed by atoms with Crippen molar-refractivity contribution in [2.75, 3.05) is 7.11 Å². The molecule has 1 aromatic rings. The lowest BCUT2D eigenvalue weighted by Crippen LogP contribution is -2.32. The van der Waals surface area contributed by atoms with Gasteiger partial charge < -0.3 is 10.5 Å². The van der Waals surface area contributed by atoms with E-state index in [1.54, 1.807) is 5.38 Å². The molecule has 1 saturated carbocycles. The summed E-state index contributed by atoms with van der Waals surface area (Å²) < 4.78 is 4.89. The molecule has 2 rings (SSSR count). The molecule has 5 heteroatoms. The van der Waals surface area contributed by atoms with E-state index < -0.39 is 5.54 Å². The maximum Gasteiger partial charge on any atom is 0.273 e. The van der Waals surface area contributed by atoms with Crippen molar-refractivity contribution in [1.29, 1.82) is 0 Å². The number of ketones is 1. The van der Waals surface area contributed by atoms with E-state index in [1.807, 2.05) is 0 Å². The lowest BCUT2D eigenvalue weighted by atomic mass is 10.1. The van der Waals surface area contributed by atoms with Gasteiger partial charge in [-0.05, 0) is 12.8 Å². The monoisotopic (exact) mass is 198 g/mol. The van der Waals surface area contributed by atoms with E-state index in [1.165, 1.54) is 18.4 Å². The van der Waals surface area contributed by atoms with Crippen LogP contribution >= 0.6 is 11.3 Å². The number of methoxy groups -OCH3 is 1. The average Bonchev–Trinajstić information content (AvgIpc) is 2.71. The quantitative estimate of drug-likeness (QED) is 0.730. The van der Waals surface area contributed by atoms with Crippen LogP contribution in [0.4, 0.5) is 0 Å². The molecule has 70 valence electrons. The Kier molecular flexibility index (Phi) is 1.85. The van der Waals surface area contributed by atoms with Crippen LogP contribution in [0.25, 0.3) is 0 Å². The molecule has 0 spiro atoms. The van der Waals surface area contributed by atoms with Gasteiger partial charge in [0.25, 0.3) is 5.19 Å². The Balaban J connectivity index is 2.20. The molecule has 0 aromatic carbocycles. The topological polar surface area (TPSA) is 65.2 Å². The van der Waals surface area contributed by atoms with Gasteiger partial charge in [0.15, 0.2) is 0 Å². The van der Waals surface area contributed by atoms with Crippen LogP contribution in [-0.2, 0) is 0 Å². The molecule has 1 heterocycles. The Morgan fingerprint density at radius 3 is 2.92 bits per heavy atom. The number of aromatic nitrogens is 1. The van der Waals surface area contributed by atoms with Crippen LogP contribution in [0.5, 0.6) is 5.19 Å². The van der Waals surface area contributed by atoms with Crippen molar-refractivity contribution in [3.05, 3.63) is 11.1 Å². The van der Waals surface area contributed by atoms with Gasteiger partial charge in [0.2, 0.25) is 5.78 Å². The molecule has 0 amide bonds. The number of nitrogens with two attached hydrogens (primary N) is 1. The number of carbonyl (C=O) groups excluding carboxylic acids is 1. The Labute approximate surface area is 79.7 Å². The van der Waals surface area contributed by atoms with Crippen LogP contribution in [0, 0.1) is 0 Å². The summed E-state index contributed by atoms with van der Waals surface area (Å²) in [6, 6.07) is 0. The molecule has 13 heavy (non-hydrogen) atoms. The first-order valence-electron chi connectivity index (χ1n) is 3.99. The van der Waals surface area contributed by atoms with E-state index >= 15 is 0 Å². The molecule has 1 aromatic heterocycles. The van der Waals surface area contributed by atoms with Crippen molar-refractivity contribution < 1.29 is 9.53 Å². The lowest BCUT2D eigenvalue weighted by molar-refractivity contribution is 0.0944. The van der Waals surface area contributed by atoms with Gasteiger partial charge in [-0.25, -0.2) is 0 Å². The van der Waals surface area contributed by atoms with Crippen LogP contribution < -0.4 is 10.5 Å². The van der Waals surface area contributed by atoms with Crippen molar-refractivity contribution >= 4 is 17.1 Å². The molecule has 0 saturated heterocycles. The Morgan fingerprint density at radius 1 is 1.77 bits per heavy atom. The summed E-state index contributed by atoms with van der Waals surface area (Å²) in [7, 11) is 1.53. The number of carbonyl (C=O) groups is 1. The van der Waals surface area contributed by atoms with Crippen molar-refractivity contribution in [3.63, 3.8) is 0 Å². The number of nitrogens with zero attached hydrogens (tertiary/aromatic N) is 1. The third-order valence-corrected chi connectivity index (χ3v) is 2.93. The molecule has 0 unspecified atom stereocenters. The Hall–Kier alpha value is -0.940. The minimum Gasteiger partial charge on any atom is -0.473 e. The van der Waals surface area contributed by atoms with Gasteiger partial charge in [0.05, 0.1) is 12.6 Å². The zero-order chi connectivity index (χ0) is 9.47. The van der Waals surface area contributed by atoms with Gasteiger partial charge in [-0.2, -0.15) is 4.98 Å². The number of thiazole rings is 1. The fourth-order valence-electron chi connectivity index (χ4n) is 1.07. The maximum atomic E-state index is 11.6. The summed E-state index contributed by atoms with van der Waals surface area (Å²) in [6.07, 6.45) is 1.54. The first-order valence-corrected chi connectivity index (χ1v) is 4.87. The van der Waals surface area contributed by atoms with Crippen molar-refractivity contribution in [3.8, 4) is 5.19 Å². The smallest absolute Gasteiger partial charge is 0.273 e. The molecule has 0 aliphatic heterocycles. The van der Waals surface area contributed by atoms with Gasteiger partial charge in [0.1, 0.15) is 5.69 Å².